The Morgan fingerprint density at radius 3 is 2.67 bits per heavy atom. The molecule has 3 atom stereocenters. The smallest absolute Gasteiger partial charge is 0.415 e. The third kappa shape index (κ3) is 5.95. The maximum Gasteiger partial charge on any atom is 0.415 e. The van der Waals surface area contributed by atoms with Gasteiger partial charge < -0.3 is 35.3 Å². The zero-order chi connectivity index (χ0) is 29.2. The first-order valence-electron chi connectivity index (χ1n) is 14.1. The summed E-state index contributed by atoms with van der Waals surface area (Å²) in [6, 6.07) is 7.22. The van der Waals surface area contributed by atoms with Crippen LogP contribution in [0.1, 0.15) is 50.6 Å². The molecule has 13 nitrogen and oxygen atoms in total. The number of carbonyl (C=O) groups is 2. The van der Waals surface area contributed by atoms with Crippen LogP contribution in [0.3, 0.4) is 0 Å². The van der Waals surface area contributed by atoms with Crippen molar-refractivity contribution in [1.82, 2.24) is 29.7 Å². The average Bonchev–Trinajstić information content (AvgIpc) is 3.56. The monoisotopic (exact) mass is 575 g/mol. The third-order valence-corrected chi connectivity index (χ3v) is 7.77. The number of para-hydroxylation sites is 2. The number of nitrogens with zero attached hydrogens (tertiary/aromatic N) is 5. The Balaban J connectivity index is 1.06. The van der Waals surface area contributed by atoms with Crippen molar-refractivity contribution < 1.29 is 28.9 Å². The number of aromatic nitrogens is 4. The standard InChI is InChI=1S/C29H33N7O6/c1-40-20-6-2-3-7-21(20)41-29(39)35-13-11-17(12-14-35)5-4-8-22-33-26(30)24-27(34-22)36(16-31-24)23-15-19(37)25(42-23)28(38)32-18-9-10-18/h2-3,6-7,16-19,23,25,37H,5,9-15H2,1H3,(H,32,38)(H2,30,33,34)/t19?,23-,25+/m1/s1. The number of methoxy groups -OCH3 is 1. The zero-order valence-electron chi connectivity index (χ0n) is 23.2. The molecule has 3 aliphatic rings. The minimum Gasteiger partial charge on any atom is -0.493 e. The number of likely N-dealkylation sites (tertiary alicyclic amines) is 1. The summed E-state index contributed by atoms with van der Waals surface area (Å²) < 4.78 is 18.4. The number of aliphatic hydroxyl groups excluding tert-OH is 1. The van der Waals surface area contributed by atoms with Gasteiger partial charge in [0.25, 0.3) is 5.91 Å². The molecular weight excluding hydrogens is 542 g/mol. The Morgan fingerprint density at radius 1 is 1.17 bits per heavy atom. The summed E-state index contributed by atoms with van der Waals surface area (Å²) in [4.78, 5) is 40.0. The first-order valence-corrected chi connectivity index (χ1v) is 14.1. The normalized spacial score (nSPS) is 22.4. The molecule has 2 saturated heterocycles. The van der Waals surface area contributed by atoms with E-state index in [1.54, 1.807) is 27.7 Å². The molecule has 0 radical (unpaired) electrons. The molecule has 1 aliphatic carbocycles. The van der Waals surface area contributed by atoms with E-state index in [2.05, 4.69) is 32.1 Å². The van der Waals surface area contributed by atoms with Gasteiger partial charge in [-0.2, -0.15) is 0 Å². The largest absolute Gasteiger partial charge is 0.493 e. The molecule has 1 unspecified atom stereocenters. The lowest BCUT2D eigenvalue weighted by Crippen LogP contribution is -2.41. The van der Waals surface area contributed by atoms with Gasteiger partial charge >= 0.3 is 6.09 Å². The van der Waals surface area contributed by atoms with Gasteiger partial charge in [0.1, 0.15) is 11.7 Å². The van der Waals surface area contributed by atoms with Crippen LogP contribution in [0.15, 0.2) is 30.6 Å². The Kier molecular flexibility index (Phi) is 7.82. The fourth-order valence-corrected chi connectivity index (χ4v) is 5.23. The fraction of sp³-hybridized carbons (Fsp3) is 0.483. The minimum absolute atomic E-state index is 0.170. The topological polar surface area (TPSA) is 167 Å². The number of carbonyl (C=O) groups excluding carboxylic acids is 2. The number of anilines is 1. The van der Waals surface area contributed by atoms with Crippen LogP contribution in [-0.4, -0.2) is 80.0 Å². The van der Waals surface area contributed by atoms with E-state index in [4.69, 9.17) is 19.9 Å². The lowest BCUT2D eigenvalue weighted by molar-refractivity contribution is -0.137. The third-order valence-electron chi connectivity index (χ3n) is 7.77. The number of hydrogen-bond acceptors (Lipinski definition) is 10. The fourth-order valence-electron chi connectivity index (χ4n) is 5.23. The number of hydrogen-bond donors (Lipinski definition) is 3. The van der Waals surface area contributed by atoms with Gasteiger partial charge in [-0.25, -0.2) is 19.7 Å². The van der Waals surface area contributed by atoms with Crippen LogP contribution >= 0.6 is 0 Å². The molecule has 2 aliphatic heterocycles. The molecule has 1 aromatic carbocycles. The Bertz CT molecular complexity index is 1540. The van der Waals surface area contributed by atoms with Crippen molar-refractivity contribution in [3.63, 3.8) is 0 Å². The van der Waals surface area contributed by atoms with Crippen molar-refractivity contribution in [2.75, 3.05) is 25.9 Å². The number of nitrogens with two attached hydrogens (primary N) is 1. The highest BCUT2D eigenvalue weighted by Gasteiger charge is 2.41. The maximum atomic E-state index is 12.6. The van der Waals surface area contributed by atoms with Crippen LogP contribution in [0.5, 0.6) is 11.5 Å². The summed E-state index contributed by atoms with van der Waals surface area (Å²) in [6.45, 7) is 1.14. The van der Waals surface area contributed by atoms with Gasteiger partial charge in [-0.05, 0) is 49.7 Å². The van der Waals surface area contributed by atoms with Gasteiger partial charge in [-0.15, -0.1) is 0 Å². The maximum absolute atomic E-state index is 12.6. The van der Waals surface area contributed by atoms with Crippen molar-refractivity contribution in [3.8, 4) is 23.3 Å². The van der Waals surface area contributed by atoms with E-state index in [0.717, 1.165) is 25.7 Å². The predicted octanol–water partition coefficient (Wildman–Crippen LogP) is 2.00. The first-order chi connectivity index (χ1) is 20.4. The number of fused-ring (bicyclic) bond motifs is 1. The number of benzene rings is 1. The van der Waals surface area contributed by atoms with E-state index in [0.29, 0.717) is 48.1 Å². The molecule has 1 saturated carbocycles. The highest BCUT2D eigenvalue weighted by molar-refractivity contribution is 5.83. The zero-order valence-corrected chi connectivity index (χ0v) is 23.2. The molecule has 42 heavy (non-hydrogen) atoms. The van der Waals surface area contributed by atoms with Crippen LogP contribution in [0.2, 0.25) is 0 Å². The number of imidazole rings is 1. The van der Waals surface area contributed by atoms with Gasteiger partial charge in [0.05, 0.1) is 19.5 Å². The molecule has 0 bridgehead atoms. The molecule has 4 heterocycles. The van der Waals surface area contributed by atoms with E-state index < -0.39 is 24.5 Å². The van der Waals surface area contributed by atoms with Gasteiger partial charge in [0.15, 0.2) is 29.1 Å². The van der Waals surface area contributed by atoms with E-state index in [-0.39, 0.29) is 30.0 Å². The molecule has 220 valence electrons. The van der Waals surface area contributed by atoms with Gasteiger partial charge in [0.2, 0.25) is 5.82 Å². The van der Waals surface area contributed by atoms with E-state index in [1.165, 1.54) is 13.4 Å². The number of nitrogens with one attached hydrogen (secondary N) is 1. The van der Waals surface area contributed by atoms with Gasteiger partial charge in [0, 0.05) is 32.0 Å². The van der Waals surface area contributed by atoms with Crippen molar-refractivity contribution in [1.29, 1.82) is 0 Å². The van der Waals surface area contributed by atoms with Crippen molar-refractivity contribution >= 4 is 29.0 Å². The average molecular weight is 576 g/mol. The SMILES string of the molecule is COc1ccccc1OC(=O)N1CCC(CC#Cc2nc(N)c3ncn([C@H]4CC(O)[C@@H](C(=O)NC5CC5)O4)c3n2)CC1. The lowest BCUT2D eigenvalue weighted by Gasteiger charge is -2.30. The van der Waals surface area contributed by atoms with E-state index in [1.807, 2.05) is 6.07 Å². The molecule has 2 amide bonds. The number of amides is 2. The molecule has 6 rings (SSSR count). The second-order valence-corrected chi connectivity index (χ2v) is 10.8. The molecule has 3 aromatic rings. The number of aliphatic hydroxyl groups is 1. The van der Waals surface area contributed by atoms with Crippen LogP contribution < -0.4 is 20.5 Å². The number of nitrogen functional groups attached to an aromatic ring is 1. The van der Waals surface area contributed by atoms with Crippen molar-refractivity contribution in [2.24, 2.45) is 5.92 Å². The summed E-state index contributed by atoms with van der Waals surface area (Å²) >= 11 is 0. The summed E-state index contributed by atoms with van der Waals surface area (Å²) in [5, 5.41) is 13.4. The molecule has 13 heteroatoms. The highest BCUT2D eigenvalue weighted by atomic mass is 16.6. The van der Waals surface area contributed by atoms with Crippen molar-refractivity contribution in [2.45, 2.75) is 63.0 Å². The van der Waals surface area contributed by atoms with Crippen LogP contribution in [0, 0.1) is 17.8 Å². The lowest BCUT2D eigenvalue weighted by atomic mass is 9.94. The predicted molar refractivity (Wildman–Crippen MR) is 150 cm³/mol. The van der Waals surface area contributed by atoms with Crippen LogP contribution in [-0.2, 0) is 9.53 Å². The molecule has 3 fully saturated rings. The quantitative estimate of drug-likeness (QED) is 0.370. The molecular formula is C29H33N7O6. The number of ether oxygens (including phenoxy) is 3. The molecule has 2 aromatic heterocycles. The summed E-state index contributed by atoms with van der Waals surface area (Å²) in [7, 11) is 1.53. The van der Waals surface area contributed by atoms with Gasteiger partial charge in [-0.3, -0.25) is 9.36 Å². The summed E-state index contributed by atoms with van der Waals surface area (Å²) in [5.41, 5.74) is 6.98. The van der Waals surface area contributed by atoms with Crippen LogP contribution in [0.4, 0.5) is 10.6 Å². The van der Waals surface area contributed by atoms with Crippen LogP contribution in [0.25, 0.3) is 11.2 Å². The number of rotatable bonds is 6. The second kappa shape index (κ2) is 11.8. The Morgan fingerprint density at radius 2 is 1.93 bits per heavy atom. The minimum atomic E-state index is -0.957. The second-order valence-electron chi connectivity index (χ2n) is 10.8. The van der Waals surface area contributed by atoms with Crippen molar-refractivity contribution in [3.05, 3.63) is 36.4 Å². The summed E-state index contributed by atoms with van der Waals surface area (Å²) in [5.74, 6) is 7.51. The molecule has 0 spiro atoms. The Hall–Kier alpha value is -4.41. The highest BCUT2D eigenvalue weighted by Crippen LogP contribution is 2.33. The van der Waals surface area contributed by atoms with Gasteiger partial charge in [-0.1, -0.05) is 18.1 Å². The first kappa shape index (κ1) is 27.7. The molecule has 4 N–H and O–H groups in total. The van der Waals surface area contributed by atoms with E-state index >= 15 is 0 Å². The number of piperidine rings is 1. The summed E-state index contributed by atoms with van der Waals surface area (Å²) in [6.07, 6.45) is 2.91. The van der Waals surface area contributed by atoms with E-state index in [9.17, 15) is 14.7 Å². The Labute approximate surface area is 242 Å².